The highest BCUT2D eigenvalue weighted by molar-refractivity contribution is 8.03. The fourth-order valence-electron chi connectivity index (χ4n) is 7.37. The minimum absolute atomic E-state index is 0.954. The molecule has 0 saturated heterocycles. The second kappa shape index (κ2) is 10.9. The van der Waals surface area contributed by atoms with Crippen LogP contribution in [0.2, 0.25) is 0 Å². The zero-order valence-corrected chi connectivity index (χ0v) is 27.1. The summed E-state index contributed by atoms with van der Waals surface area (Å²) in [6.07, 6.45) is 7.19. The number of hydrogen-bond acceptors (Lipinski definition) is 2. The third-order valence-corrected chi connectivity index (χ3v) is 11.5. The molecule has 0 amide bonds. The van der Waals surface area contributed by atoms with Gasteiger partial charge in [0.25, 0.3) is 0 Å². The Labute approximate surface area is 278 Å². The Bertz CT molecular complexity index is 2460. The molecule has 2 aliphatic heterocycles. The standard InChI is InChI=1S/C44H30S2/c1-3-9-27(2)24-31-25-30-12-7-15-38-36(22-23-41(45-31)44(30)38)35-21-20-32(33-13-4-5-14-34(33)35)29-18-19-37-39-16-6-10-28-11-8-17-40(43(28)39)46-42(37)26-29/h3-24,26H,1,25H2,2H3/b27-9-,31-24+. The highest BCUT2D eigenvalue weighted by Crippen LogP contribution is 2.50. The van der Waals surface area contributed by atoms with Gasteiger partial charge in [-0.15, -0.1) is 0 Å². The molecule has 7 aromatic carbocycles. The van der Waals surface area contributed by atoms with Crippen molar-refractivity contribution in [1.82, 2.24) is 0 Å². The van der Waals surface area contributed by atoms with E-state index in [4.69, 9.17) is 0 Å². The first-order valence-electron chi connectivity index (χ1n) is 15.8. The van der Waals surface area contributed by atoms with Crippen molar-refractivity contribution in [2.24, 2.45) is 0 Å². The lowest BCUT2D eigenvalue weighted by molar-refractivity contribution is 1.23. The molecule has 46 heavy (non-hydrogen) atoms. The maximum Gasteiger partial charge on any atom is 0.0207 e. The third kappa shape index (κ3) is 4.40. The lowest BCUT2D eigenvalue weighted by atomic mass is 9.88. The lowest BCUT2D eigenvalue weighted by Crippen LogP contribution is -1.99. The van der Waals surface area contributed by atoms with Gasteiger partial charge >= 0.3 is 0 Å². The summed E-state index contributed by atoms with van der Waals surface area (Å²) >= 11 is 3.79. The van der Waals surface area contributed by atoms with Crippen molar-refractivity contribution in [3.8, 4) is 33.4 Å². The Morgan fingerprint density at radius 2 is 1.28 bits per heavy atom. The van der Waals surface area contributed by atoms with Gasteiger partial charge in [0.1, 0.15) is 0 Å². The monoisotopic (exact) mass is 622 g/mol. The van der Waals surface area contributed by atoms with Crippen LogP contribution >= 0.6 is 23.5 Å². The normalized spacial score (nSPS) is 14.6. The number of thioether (sulfide) groups is 1. The Balaban J connectivity index is 1.16. The molecule has 2 heteroatoms. The summed E-state index contributed by atoms with van der Waals surface area (Å²) in [4.78, 5) is 5.37. The van der Waals surface area contributed by atoms with Crippen molar-refractivity contribution in [2.75, 3.05) is 0 Å². The van der Waals surface area contributed by atoms with Crippen LogP contribution < -0.4 is 0 Å². The maximum atomic E-state index is 3.86. The van der Waals surface area contributed by atoms with Gasteiger partial charge in [-0.1, -0.05) is 151 Å². The Hall–Kier alpha value is -4.76. The topological polar surface area (TPSA) is 0 Å². The molecule has 0 atom stereocenters. The van der Waals surface area contributed by atoms with Gasteiger partial charge in [0.05, 0.1) is 0 Å². The molecule has 0 N–H and O–H groups in total. The van der Waals surface area contributed by atoms with Gasteiger partial charge in [-0.2, -0.15) is 0 Å². The molecule has 0 radical (unpaired) electrons. The van der Waals surface area contributed by atoms with Crippen LogP contribution in [0.25, 0.3) is 65.7 Å². The maximum absolute atomic E-state index is 3.86. The second-order valence-corrected chi connectivity index (χ2v) is 14.4. The smallest absolute Gasteiger partial charge is 0.0207 e. The predicted molar refractivity (Wildman–Crippen MR) is 201 cm³/mol. The summed E-state index contributed by atoms with van der Waals surface area (Å²) in [6.45, 7) is 6.01. The van der Waals surface area contributed by atoms with Gasteiger partial charge in [-0.05, 0) is 102 Å². The van der Waals surface area contributed by atoms with Crippen LogP contribution in [0.4, 0.5) is 0 Å². The fraction of sp³-hybridized carbons (Fsp3) is 0.0455. The molecular weight excluding hydrogens is 593 g/mol. The van der Waals surface area contributed by atoms with Gasteiger partial charge < -0.3 is 0 Å². The van der Waals surface area contributed by atoms with E-state index >= 15 is 0 Å². The fourth-order valence-corrected chi connectivity index (χ4v) is 9.79. The van der Waals surface area contributed by atoms with E-state index in [0.29, 0.717) is 0 Å². The van der Waals surface area contributed by atoms with E-state index in [1.807, 2.05) is 29.6 Å². The summed E-state index contributed by atoms with van der Waals surface area (Å²) in [5, 5.41) is 7.97. The van der Waals surface area contributed by atoms with Gasteiger partial charge in [0.2, 0.25) is 0 Å². The summed E-state index contributed by atoms with van der Waals surface area (Å²) in [6, 6.07) is 45.4. The molecule has 0 unspecified atom stereocenters. The second-order valence-electron chi connectivity index (χ2n) is 12.2. The van der Waals surface area contributed by atoms with Crippen LogP contribution in [0.1, 0.15) is 12.5 Å². The molecule has 0 saturated carbocycles. The van der Waals surface area contributed by atoms with Crippen LogP contribution in [0.5, 0.6) is 0 Å². The number of rotatable bonds is 4. The SMILES string of the molecule is C=C/C=C(C)\C=C1/Cc2cccc3c(-c4ccc(-c5ccc6c(c5)Sc5cccc7cccc-6c57)c5ccccc45)ccc(c23)S1. The van der Waals surface area contributed by atoms with Gasteiger partial charge in [0.15, 0.2) is 0 Å². The first kappa shape index (κ1) is 27.5. The molecule has 0 spiro atoms. The van der Waals surface area contributed by atoms with E-state index in [0.717, 1.165) is 6.42 Å². The van der Waals surface area contributed by atoms with Crippen molar-refractivity contribution in [3.05, 3.63) is 162 Å². The molecule has 0 bridgehead atoms. The quantitative estimate of drug-likeness (QED) is 0.179. The third-order valence-electron chi connectivity index (χ3n) is 9.35. The number of fused-ring (bicyclic) bond motifs is 3. The van der Waals surface area contributed by atoms with Crippen molar-refractivity contribution in [3.63, 3.8) is 0 Å². The van der Waals surface area contributed by atoms with Gasteiger partial charge in [-0.25, -0.2) is 0 Å². The van der Waals surface area contributed by atoms with E-state index in [2.05, 4.69) is 147 Å². The number of hydrogen-bond donors (Lipinski definition) is 0. The molecule has 2 heterocycles. The van der Waals surface area contributed by atoms with Crippen LogP contribution in [0.15, 0.2) is 171 Å². The van der Waals surface area contributed by atoms with E-state index in [9.17, 15) is 0 Å². The number of benzene rings is 7. The molecule has 0 fully saturated rings. The van der Waals surface area contributed by atoms with Crippen LogP contribution in [-0.4, -0.2) is 0 Å². The average molecular weight is 623 g/mol. The molecular formula is C44H30S2. The van der Waals surface area contributed by atoms with E-state index < -0.39 is 0 Å². The molecule has 0 nitrogen and oxygen atoms in total. The van der Waals surface area contributed by atoms with Crippen molar-refractivity contribution < 1.29 is 0 Å². The lowest BCUT2D eigenvalue weighted by Gasteiger charge is -2.22. The van der Waals surface area contributed by atoms with Gasteiger partial charge in [0, 0.05) is 26.5 Å². The Morgan fingerprint density at radius 3 is 2.15 bits per heavy atom. The summed E-state index contributed by atoms with van der Waals surface area (Å²) < 4.78 is 0. The minimum atomic E-state index is 0.954. The largest absolute Gasteiger partial charge is 0.0991 e. The first-order chi connectivity index (χ1) is 22.7. The zero-order valence-electron chi connectivity index (χ0n) is 25.5. The van der Waals surface area contributed by atoms with Crippen molar-refractivity contribution >= 4 is 55.8 Å². The Morgan fingerprint density at radius 1 is 0.587 bits per heavy atom. The molecule has 7 aromatic rings. The molecule has 9 rings (SSSR count). The molecule has 218 valence electrons. The van der Waals surface area contributed by atoms with E-state index in [1.165, 1.54) is 96.4 Å². The molecule has 0 aliphatic carbocycles. The van der Waals surface area contributed by atoms with E-state index in [-0.39, 0.29) is 0 Å². The van der Waals surface area contributed by atoms with Crippen LogP contribution in [-0.2, 0) is 6.42 Å². The van der Waals surface area contributed by atoms with Crippen molar-refractivity contribution in [2.45, 2.75) is 28.0 Å². The first-order valence-corrected chi connectivity index (χ1v) is 17.4. The van der Waals surface area contributed by atoms with Crippen molar-refractivity contribution in [1.29, 1.82) is 0 Å². The highest BCUT2D eigenvalue weighted by atomic mass is 32.2. The van der Waals surface area contributed by atoms with Crippen LogP contribution in [0.3, 0.4) is 0 Å². The number of allylic oxidation sites excluding steroid dienone is 5. The average Bonchev–Trinajstić information content (AvgIpc) is 3.08. The summed E-state index contributed by atoms with van der Waals surface area (Å²) in [5.41, 5.74) is 10.4. The summed E-state index contributed by atoms with van der Waals surface area (Å²) in [7, 11) is 0. The molecule has 0 aromatic heterocycles. The summed E-state index contributed by atoms with van der Waals surface area (Å²) in [5.74, 6) is 0. The molecule has 2 aliphatic rings. The zero-order chi connectivity index (χ0) is 30.8. The van der Waals surface area contributed by atoms with E-state index in [1.54, 1.807) is 0 Å². The van der Waals surface area contributed by atoms with Gasteiger partial charge in [-0.3, -0.25) is 0 Å². The highest BCUT2D eigenvalue weighted by Gasteiger charge is 2.22. The minimum Gasteiger partial charge on any atom is -0.0991 e. The predicted octanol–water partition coefficient (Wildman–Crippen LogP) is 13.3. The van der Waals surface area contributed by atoms with Crippen LogP contribution in [0, 0.1) is 0 Å². The Kier molecular flexibility index (Phi) is 6.55.